The van der Waals surface area contributed by atoms with Crippen molar-refractivity contribution in [3.05, 3.63) is 24.0 Å². The summed E-state index contributed by atoms with van der Waals surface area (Å²) in [5.41, 5.74) is -1.20. The first kappa shape index (κ1) is 27.4. The van der Waals surface area contributed by atoms with Crippen molar-refractivity contribution in [3.8, 4) is 0 Å². The number of halogens is 1. The lowest BCUT2D eigenvalue weighted by atomic mass is 9.78. The SMILES string of the molecule is C=CS(=O)(=O)CC(CC(Br)S(=O)(=O)C=C)C(C)(C)C(=O)OC1CCCCCCCC1. The Hall–Kier alpha value is -0.670. The van der Waals surface area contributed by atoms with Crippen molar-refractivity contribution in [1.82, 2.24) is 0 Å². The lowest BCUT2D eigenvalue weighted by Crippen LogP contribution is -2.41. The van der Waals surface area contributed by atoms with Crippen molar-refractivity contribution in [2.75, 3.05) is 5.75 Å². The second-order valence-electron chi connectivity index (χ2n) is 8.54. The Balaban J connectivity index is 3.06. The van der Waals surface area contributed by atoms with Gasteiger partial charge in [0.1, 0.15) is 10.3 Å². The maximum Gasteiger partial charge on any atom is 0.312 e. The van der Waals surface area contributed by atoms with Gasteiger partial charge >= 0.3 is 5.97 Å². The van der Waals surface area contributed by atoms with E-state index in [2.05, 4.69) is 29.1 Å². The minimum atomic E-state index is -3.67. The maximum absolute atomic E-state index is 13.1. The molecule has 0 aromatic rings. The smallest absolute Gasteiger partial charge is 0.312 e. The molecule has 2 atom stereocenters. The zero-order valence-electron chi connectivity index (χ0n) is 18.0. The highest BCUT2D eigenvalue weighted by Crippen LogP contribution is 2.37. The molecule has 0 spiro atoms. The lowest BCUT2D eigenvalue weighted by molar-refractivity contribution is -0.163. The van der Waals surface area contributed by atoms with Crippen LogP contribution in [0.5, 0.6) is 0 Å². The molecule has 0 aromatic heterocycles. The van der Waals surface area contributed by atoms with Gasteiger partial charge in [-0.2, -0.15) is 0 Å². The fourth-order valence-electron chi connectivity index (χ4n) is 3.56. The van der Waals surface area contributed by atoms with Crippen LogP contribution in [0.25, 0.3) is 0 Å². The van der Waals surface area contributed by atoms with Gasteiger partial charge < -0.3 is 4.74 Å². The molecular weight excluding hydrogens is 492 g/mol. The summed E-state index contributed by atoms with van der Waals surface area (Å²) in [6.07, 6.45) is 7.92. The number of esters is 1. The molecule has 0 amide bonds. The van der Waals surface area contributed by atoms with Crippen LogP contribution in [-0.4, -0.2) is 38.8 Å². The van der Waals surface area contributed by atoms with Crippen molar-refractivity contribution in [2.45, 2.75) is 81.9 Å². The molecule has 1 rings (SSSR count). The molecule has 9 heteroatoms. The third kappa shape index (κ3) is 8.46. The van der Waals surface area contributed by atoms with Crippen LogP contribution in [0.2, 0.25) is 0 Å². The number of hydrogen-bond acceptors (Lipinski definition) is 6. The number of carbonyl (C=O) groups is 1. The number of carbonyl (C=O) groups excluding carboxylic acids is 1. The normalized spacial score (nSPS) is 19.6. The van der Waals surface area contributed by atoms with Crippen molar-refractivity contribution < 1.29 is 26.4 Å². The summed E-state index contributed by atoms with van der Waals surface area (Å²) in [5.74, 6) is -1.67. The monoisotopic (exact) mass is 526 g/mol. The van der Waals surface area contributed by atoms with Crippen LogP contribution >= 0.6 is 15.9 Å². The predicted molar refractivity (Wildman–Crippen MR) is 125 cm³/mol. The van der Waals surface area contributed by atoms with Gasteiger partial charge in [-0.05, 0) is 51.9 Å². The Morgan fingerprint density at radius 3 is 2.00 bits per heavy atom. The highest BCUT2D eigenvalue weighted by molar-refractivity contribution is 9.11. The summed E-state index contributed by atoms with van der Waals surface area (Å²) >= 11 is 3.13. The number of sulfone groups is 2. The summed E-state index contributed by atoms with van der Waals surface area (Å²) in [5, 5.41) is 1.67. The summed E-state index contributed by atoms with van der Waals surface area (Å²) < 4.78 is 53.5. The number of alkyl halides is 1. The first-order valence-corrected chi connectivity index (χ1v) is 14.7. The Morgan fingerprint density at radius 2 is 1.53 bits per heavy atom. The largest absolute Gasteiger partial charge is 0.462 e. The van der Waals surface area contributed by atoms with Gasteiger partial charge in [0.15, 0.2) is 19.7 Å². The van der Waals surface area contributed by atoms with E-state index in [0.717, 1.165) is 49.3 Å². The van der Waals surface area contributed by atoms with Crippen LogP contribution in [-0.2, 0) is 29.2 Å². The molecule has 0 bridgehead atoms. The van der Waals surface area contributed by atoms with Gasteiger partial charge in [0.2, 0.25) is 0 Å². The fourth-order valence-corrected chi connectivity index (χ4v) is 6.43. The minimum Gasteiger partial charge on any atom is -0.462 e. The van der Waals surface area contributed by atoms with Crippen LogP contribution < -0.4 is 0 Å². The average Bonchev–Trinajstić information content (AvgIpc) is 2.81. The first-order valence-electron chi connectivity index (χ1n) is 10.4. The van der Waals surface area contributed by atoms with Crippen LogP contribution in [0.1, 0.15) is 71.6 Å². The maximum atomic E-state index is 13.1. The van der Waals surface area contributed by atoms with E-state index in [0.29, 0.717) is 0 Å². The fraction of sp³-hybridized carbons (Fsp3) is 0.762. The third-order valence-electron chi connectivity index (χ3n) is 5.87. The Morgan fingerprint density at radius 1 is 1.03 bits per heavy atom. The molecule has 1 aliphatic carbocycles. The van der Waals surface area contributed by atoms with E-state index in [4.69, 9.17) is 4.74 Å². The summed E-state index contributed by atoms with van der Waals surface area (Å²) in [6, 6.07) is 0. The number of hydrogen-bond donors (Lipinski definition) is 0. The molecule has 174 valence electrons. The van der Waals surface area contributed by atoms with Gasteiger partial charge in [-0.3, -0.25) is 4.79 Å². The van der Waals surface area contributed by atoms with Crippen molar-refractivity contribution in [2.24, 2.45) is 11.3 Å². The van der Waals surface area contributed by atoms with Crippen molar-refractivity contribution in [1.29, 1.82) is 0 Å². The van der Waals surface area contributed by atoms with Gasteiger partial charge in [0.05, 0.1) is 11.2 Å². The van der Waals surface area contributed by atoms with Gasteiger partial charge in [-0.25, -0.2) is 16.8 Å². The van der Waals surface area contributed by atoms with Gasteiger partial charge in [-0.1, -0.05) is 54.8 Å². The number of rotatable bonds is 10. The van der Waals surface area contributed by atoms with Gasteiger partial charge in [-0.15, -0.1) is 0 Å². The van der Waals surface area contributed by atoms with E-state index in [-0.39, 0.29) is 12.5 Å². The molecule has 0 radical (unpaired) electrons. The Kier molecular flexibility index (Phi) is 10.8. The highest BCUT2D eigenvalue weighted by Gasteiger charge is 2.43. The molecule has 30 heavy (non-hydrogen) atoms. The van der Waals surface area contributed by atoms with E-state index in [9.17, 15) is 21.6 Å². The summed E-state index contributed by atoms with van der Waals surface area (Å²) in [4.78, 5) is 13.1. The molecule has 6 nitrogen and oxygen atoms in total. The second-order valence-corrected chi connectivity index (χ2v) is 14.3. The van der Waals surface area contributed by atoms with E-state index in [1.807, 2.05) is 0 Å². The van der Waals surface area contributed by atoms with Crippen LogP contribution in [0.4, 0.5) is 0 Å². The topological polar surface area (TPSA) is 94.6 Å². The zero-order chi connectivity index (χ0) is 23.0. The van der Waals surface area contributed by atoms with Crippen LogP contribution in [0.15, 0.2) is 24.0 Å². The van der Waals surface area contributed by atoms with Crippen LogP contribution in [0, 0.1) is 11.3 Å². The van der Waals surface area contributed by atoms with Gasteiger partial charge in [0.25, 0.3) is 0 Å². The third-order valence-corrected chi connectivity index (χ3v) is 10.6. The molecular formula is C21H35BrO6S2. The second kappa shape index (κ2) is 11.8. The molecule has 1 aliphatic rings. The minimum absolute atomic E-state index is 0.0752. The molecule has 1 saturated carbocycles. The van der Waals surface area contributed by atoms with Crippen LogP contribution in [0.3, 0.4) is 0 Å². The van der Waals surface area contributed by atoms with E-state index < -0.39 is 46.9 Å². The van der Waals surface area contributed by atoms with E-state index in [1.165, 1.54) is 12.8 Å². The van der Waals surface area contributed by atoms with Crippen molar-refractivity contribution >= 4 is 41.6 Å². The molecule has 0 N–H and O–H groups in total. The number of ether oxygens (including phenoxy) is 1. The molecule has 0 saturated heterocycles. The Labute approximate surface area is 190 Å². The van der Waals surface area contributed by atoms with Gasteiger partial charge in [0, 0.05) is 10.8 Å². The summed E-state index contributed by atoms with van der Waals surface area (Å²) in [6.45, 7) is 9.87. The highest BCUT2D eigenvalue weighted by atomic mass is 79.9. The molecule has 2 unspecified atom stereocenters. The zero-order valence-corrected chi connectivity index (χ0v) is 21.2. The average molecular weight is 528 g/mol. The Bertz CT molecular complexity index is 791. The molecule has 0 heterocycles. The molecule has 0 aliphatic heterocycles. The first-order chi connectivity index (χ1) is 13.9. The summed E-state index contributed by atoms with van der Waals surface area (Å²) in [7, 11) is -7.34. The van der Waals surface area contributed by atoms with E-state index in [1.54, 1.807) is 13.8 Å². The van der Waals surface area contributed by atoms with Crippen molar-refractivity contribution in [3.63, 3.8) is 0 Å². The standard InChI is InChI=1S/C21H35BrO6S2/c1-5-29(24,25)16-17(15-19(22)30(26,27)6-2)21(3,4)20(23)28-18-13-11-9-7-8-10-12-14-18/h5-6,17-19H,1-2,7-16H2,3-4H3. The lowest BCUT2D eigenvalue weighted by Gasteiger charge is -2.34. The van der Waals surface area contributed by atoms with E-state index >= 15 is 0 Å². The molecule has 0 aromatic carbocycles. The quantitative estimate of drug-likeness (QED) is 0.296. The molecule has 1 fully saturated rings. The predicted octanol–water partition coefficient (Wildman–Crippen LogP) is 4.90.